The quantitative estimate of drug-likeness (QED) is 0.796. The van der Waals surface area contributed by atoms with Gasteiger partial charge in [-0.25, -0.2) is 0 Å². The minimum absolute atomic E-state index is 0.0123. The Morgan fingerprint density at radius 3 is 2.47 bits per heavy atom. The van der Waals surface area contributed by atoms with Crippen molar-refractivity contribution in [1.29, 1.82) is 0 Å². The Kier molecular flexibility index (Phi) is 5.94. The van der Waals surface area contributed by atoms with Gasteiger partial charge in [-0.3, -0.25) is 0 Å². The SMILES string of the molecule is CCCC1CCC(N)C(CCOC(C)(C)C)C1. The van der Waals surface area contributed by atoms with E-state index in [2.05, 4.69) is 27.7 Å². The number of rotatable bonds is 5. The van der Waals surface area contributed by atoms with E-state index in [1.165, 1.54) is 32.1 Å². The van der Waals surface area contributed by atoms with Crippen LogP contribution < -0.4 is 5.73 Å². The van der Waals surface area contributed by atoms with E-state index in [1.807, 2.05) is 0 Å². The summed E-state index contributed by atoms with van der Waals surface area (Å²) in [6, 6.07) is 0.409. The molecule has 0 aromatic rings. The molecule has 1 saturated carbocycles. The largest absolute Gasteiger partial charge is 0.376 e. The van der Waals surface area contributed by atoms with Gasteiger partial charge in [0.25, 0.3) is 0 Å². The van der Waals surface area contributed by atoms with Crippen LogP contribution in [0.4, 0.5) is 0 Å². The molecule has 1 aliphatic rings. The molecule has 1 fully saturated rings. The number of hydrogen-bond donors (Lipinski definition) is 1. The first-order valence-corrected chi connectivity index (χ1v) is 7.32. The summed E-state index contributed by atoms with van der Waals surface area (Å²) < 4.78 is 5.82. The number of hydrogen-bond acceptors (Lipinski definition) is 2. The van der Waals surface area contributed by atoms with Crippen LogP contribution in [-0.4, -0.2) is 18.2 Å². The van der Waals surface area contributed by atoms with Crippen LogP contribution in [0.5, 0.6) is 0 Å². The fraction of sp³-hybridized carbons (Fsp3) is 1.00. The summed E-state index contributed by atoms with van der Waals surface area (Å²) in [5, 5.41) is 0. The molecule has 0 bridgehead atoms. The predicted molar refractivity (Wildman–Crippen MR) is 74.0 cm³/mol. The summed E-state index contributed by atoms with van der Waals surface area (Å²) in [7, 11) is 0. The fourth-order valence-electron chi connectivity index (χ4n) is 2.90. The normalized spacial score (nSPS) is 30.5. The molecule has 3 unspecified atom stereocenters. The van der Waals surface area contributed by atoms with E-state index >= 15 is 0 Å². The average Bonchev–Trinajstić information content (AvgIpc) is 2.21. The minimum Gasteiger partial charge on any atom is -0.376 e. The van der Waals surface area contributed by atoms with Crippen molar-refractivity contribution < 1.29 is 4.74 Å². The lowest BCUT2D eigenvalue weighted by atomic mass is 9.75. The van der Waals surface area contributed by atoms with Crippen molar-refractivity contribution in [3.8, 4) is 0 Å². The highest BCUT2D eigenvalue weighted by atomic mass is 16.5. The standard InChI is InChI=1S/C15H31NO/c1-5-6-12-7-8-14(16)13(11-12)9-10-17-15(2,3)4/h12-14H,5-11,16H2,1-4H3. The minimum atomic E-state index is -0.0123. The maximum atomic E-state index is 6.23. The van der Waals surface area contributed by atoms with Crippen molar-refractivity contribution in [2.24, 2.45) is 17.6 Å². The van der Waals surface area contributed by atoms with E-state index in [0.717, 1.165) is 18.9 Å². The zero-order valence-electron chi connectivity index (χ0n) is 12.2. The van der Waals surface area contributed by atoms with E-state index < -0.39 is 0 Å². The van der Waals surface area contributed by atoms with Gasteiger partial charge in [0.2, 0.25) is 0 Å². The van der Waals surface area contributed by atoms with E-state index in [-0.39, 0.29) is 5.60 Å². The first-order valence-electron chi connectivity index (χ1n) is 7.32. The van der Waals surface area contributed by atoms with Crippen LogP contribution in [0.3, 0.4) is 0 Å². The average molecular weight is 241 g/mol. The van der Waals surface area contributed by atoms with Gasteiger partial charge in [0.05, 0.1) is 5.60 Å². The molecule has 3 atom stereocenters. The molecular weight excluding hydrogens is 210 g/mol. The van der Waals surface area contributed by atoms with Crippen molar-refractivity contribution >= 4 is 0 Å². The van der Waals surface area contributed by atoms with E-state index in [4.69, 9.17) is 10.5 Å². The molecule has 0 saturated heterocycles. The molecule has 0 aromatic heterocycles. The smallest absolute Gasteiger partial charge is 0.0598 e. The Morgan fingerprint density at radius 1 is 1.18 bits per heavy atom. The number of ether oxygens (including phenoxy) is 1. The van der Waals surface area contributed by atoms with Crippen molar-refractivity contribution in [3.63, 3.8) is 0 Å². The molecule has 0 radical (unpaired) electrons. The van der Waals surface area contributed by atoms with Gasteiger partial charge in [-0.2, -0.15) is 0 Å². The van der Waals surface area contributed by atoms with Gasteiger partial charge in [0, 0.05) is 12.6 Å². The fourth-order valence-corrected chi connectivity index (χ4v) is 2.90. The lowest BCUT2D eigenvalue weighted by Crippen LogP contribution is -2.37. The Morgan fingerprint density at radius 2 is 1.88 bits per heavy atom. The Hall–Kier alpha value is -0.0800. The third-order valence-electron chi connectivity index (χ3n) is 3.87. The molecule has 17 heavy (non-hydrogen) atoms. The van der Waals surface area contributed by atoms with Gasteiger partial charge in [0.15, 0.2) is 0 Å². The third-order valence-corrected chi connectivity index (χ3v) is 3.87. The highest BCUT2D eigenvalue weighted by Gasteiger charge is 2.27. The second-order valence-corrected chi connectivity index (χ2v) is 6.64. The highest BCUT2D eigenvalue weighted by Crippen LogP contribution is 2.33. The second kappa shape index (κ2) is 6.75. The lowest BCUT2D eigenvalue weighted by Gasteiger charge is -2.34. The van der Waals surface area contributed by atoms with E-state index in [9.17, 15) is 0 Å². The van der Waals surface area contributed by atoms with Crippen molar-refractivity contribution in [2.75, 3.05) is 6.61 Å². The van der Waals surface area contributed by atoms with Gasteiger partial charge in [0.1, 0.15) is 0 Å². The summed E-state index contributed by atoms with van der Waals surface area (Å²) in [6.45, 7) is 9.50. The van der Waals surface area contributed by atoms with E-state index in [1.54, 1.807) is 0 Å². The zero-order chi connectivity index (χ0) is 12.9. The molecule has 1 rings (SSSR count). The van der Waals surface area contributed by atoms with Gasteiger partial charge in [-0.15, -0.1) is 0 Å². The summed E-state index contributed by atoms with van der Waals surface area (Å²) in [4.78, 5) is 0. The molecular formula is C15H31NO. The van der Waals surface area contributed by atoms with Crippen LogP contribution in [-0.2, 0) is 4.74 Å². The molecule has 1 aliphatic carbocycles. The zero-order valence-corrected chi connectivity index (χ0v) is 12.2. The maximum Gasteiger partial charge on any atom is 0.0598 e. The van der Waals surface area contributed by atoms with E-state index in [0.29, 0.717) is 12.0 Å². The topological polar surface area (TPSA) is 35.2 Å². The highest BCUT2D eigenvalue weighted by molar-refractivity contribution is 4.82. The molecule has 0 amide bonds. The molecule has 0 aliphatic heterocycles. The first-order chi connectivity index (χ1) is 7.92. The molecule has 0 aromatic carbocycles. The Bertz CT molecular complexity index is 209. The van der Waals surface area contributed by atoms with Crippen molar-refractivity contribution in [2.45, 2.75) is 77.9 Å². The van der Waals surface area contributed by atoms with Gasteiger partial charge in [-0.05, 0) is 58.3 Å². The van der Waals surface area contributed by atoms with Gasteiger partial charge >= 0.3 is 0 Å². The molecule has 2 N–H and O–H groups in total. The van der Waals surface area contributed by atoms with Gasteiger partial charge in [-0.1, -0.05) is 19.8 Å². The van der Waals surface area contributed by atoms with Crippen LogP contribution in [0.15, 0.2) is 0 Å². The first kappa shape index (κ1) is 15.0. The summed E-state index contributed by atoms with van der Waals surface area (Å²) in [6.07, 6.45) is 7.70. The monoisotopic (exact) mass is 241 g/mol. The van der Waals surface area contributed by atoms with Crippen LogP contribution >= 0.6 is 0 Å². The van der Waals surface area contributed by atoms with Crippen LogP contribution in [0.1, 0.15) is 66.2 Å². The van der Waals surface area contributed by atoms with Crippen molar-refractivity contribution in [3.05, 3.63) is 0 Å². The second-order valence-electron chi connectivity index (χ2n) is 6.64. The summed E-state index contributed by atoms with van der Waals surface area (Å²) >= 11 is 0. The summed E-state index contributed by atoms with van der Waals surface area (Å²) in [5.41, 5.74) is 6.22. The predicted octanol–water partition coefficient (Wildman–Crippen LogP) is 3.74. The Labute approximate surface area is 107 Å². The molecule has 2 nitrogen and oxygen atoms in total. The van der Waals surface area contributed by atoms with Crippen LogP contribution in [0, 0.1) is 11.8 Å². The Balaban J connectivity index is 2.29. The lowest BCUT2D eigenvalue weighted by molar-refractivity contribution is -0.0136. The summed E-state index contributed by atoms with van der Waals surface area (Å²) in [5.74, 6) is 1.60. The van der Waals surface area contributed by atoms with Crippen molar-refractivity contribution in [1.82, 2.24) is 0 Å². The number of nitrogens with two attached hydrogens (primary N) is 1. The van der Waals surface area contributed by atoms with Crippen LogP contribution in [0.25, 0.3) is 0 Å². The maximum absolute atomic E-state index is 6.23. The van der Waals surface area contributed by atoms with Gasteiger partial charge < -0.3 is 10.5 Å². The molecule has 0 spiro atoms. The third kappa shape index (κ3) is 5.87. The van der Waals surface area contributed by atoms with Crippen LogP contribution in [0.2, 0.25) is 0 Å². The molecule has 0 heterocycles. The molecule has 102 valence electrons. The molecule has 2 heteroatoms.